The van der Waals surface area contributed by atoms with E-state index in [0.29, 0.717) is 23.1 Å². The number of hydrogen-bond donors (Lipinski definition) is 2. The predicted octanol–water partition coefficient (Wildman–Crippen LogP) is 4.75. The van der Waals surface area contributed by atoms with Crippen LogP contribution in [0, 0.1) is 0 Å². The molecule has 1 atom stereocenters. The van der Waals surface area contributed by atoms with E-state index in [4.69, 9.17) is 16.3 Å². The summed E-state index contributed by atoms with van der Waals surface area (Å²) in [6.45, 7) is 0.669. The Morgan fingerprint density at radius 3 is 2.61 bits per heavy atom. The number of amides is 1. The number of ether oxygens (including phenoxy) is 1. The monoisotopic (exact) mass is 435 g/mol. The second kappa shape index (κ2) is 9.49. The van der Waals surface area contributed by atoms with Gasteiger partial charge in [0.05, 0.1) is 12.7 Å². The van der Waals surface area contributed by atoms with Gasteiger partial charge in [-0.3, -0.25) is 15.2 Å². The summed E-state index contributed by atoms with van der Waals surface area (Å²) in [5.74, 6) is 1.22. The van der Waals surface area contributed by atoms with E-state index in [9.17, 15) is 4.79 Å². The molecular weight excluding hydrogens is 414 g/mol. The minimum atomic E-state index is -0.169. The largest absolute Gasteiger partial charge is 0.496 e. The second-order valence-corrected chi connectivity index (χ2v) is 7.52. The smallest absolute Gasteiger partial charge is 0.249 e. The highest BCUT2D eigenvalue weighted by atomic mass is 35.5. The number of benzene rings is 2. The van der Waals surface area contributed by atoms with Crippen LogP contribution in [0.5, 0.6) is 5.75 Å². The summed E-state index contributed by atoms with van der Waals surface area (Å²) in [4.78, 5) is 17.2. The zero-order valence-electron chi connectivity index (χ0n) is 17.0. The standard InChI is InChI=1S/C23H22ClN5O2/c1-31-20-7-3-2-6-19(20)22-26-23(28-27-22)25-21(30)14-17(15-29-12-4-5-13-29)16-8-10-18(24)11-9-16/h2-13,17H,14-15H2,1H3,(H2,25,26,27,28,30). The van der Waals surface area contributed by atoms with E-state index in [2.05, 4.69) is 25.1 Å². The van der Waals surface area contributed by atoms with Crippen LogP contribution in [0.1, 0.15) is 17.9 Å². The van der Waals surface area contributed by atoms with Crippen molar-refractivity contribution in [2.45, 2.75) is 18.9 Å². The van der Waals surface area contributed by atoms with E-state index in [-0.39, 0.29) is 24.2 Å². The number of nitrogens with zero attached hydrogens (tertiary/aromatic N) is 3. The molecule has 7 nitrogen and oxygen atoms in total. The highest BCUT2D eigenvalue weighted by molar-refractivity contribution is 6.30. The molecule has 1 amide bonds. The van der Waals surface area contributed by atoms with Crippen LogP contribution in [0.2, 0.25) is 5.02 Å². The summed E-state index contributed by atoms with van der Waals surface area (Å²) in [5, 5.41) is 10.4. The molecule has 0 saturated carbocycles. The van der Waals surface area contributed by atoms with Crippen molar-refractivity contribution in [1.82, 2.24) is 19.7 Å². The second-order valence-electron chi connectivity index (χ2n) is 7.09. The predicted molar refractivity (Wildman–Crippen MR) is 120 cm³/mol. The lowest BCUT2D eigenvalue weighted by molar-refractivity contribution is -0.116. The van der Waals surface area contributed by atoms with Crippen LogP contribution in [-0.4, -0.2) is 32.8 Å². The first-order valence-corrected chi connectivity index (χ1v) is 10.2. The van der Waals surface area contributed by atoms with Gasteiger partial charge in [-0.2, -0.15) is 4.98 Å². The molecule has 0 bridgehead atoms. The molecule has 0 radical (unpaired) electrons. The number of carbonyl (C=O) groups is 1. The summed E-state index contributed by atoms with van der Waals surface area (Å²) in [6, 6.07) is 19.0. The lowest BCUT2D eigenvalue weighted by atomic mass is 9.95. The van der Waals surface area contributed by atoms with E-state index in [0.717, 1.165) is 11.1 Å². The fraction of sp³-hybridized carbons (Fsp3) is 0.174. The van der Waals surface area contributed by atoms with Crippen LogP contribution < -0.4 is 10.1 Å². The number of halogens is 1. The van der Waals surface area contributed by atoms with Crippen molar-refractivity contribution in [2.75, 3.05) is 12.4 Å². The van der Waals surface area contributed by atoms with Gasteiger partial charge in [0.2, 0.25) is 11.9 Å². The third-order valence-corrected chi connectivity index (χ3v) is 5.22. The lowest BCUT2D eigenvalue weighted by Gasteiger charge is -2.18. The minimum Gasteiger partial charge on any atom is -0.496 e. The van der Waals surface area contributed by atoms with Crippen molar-refractivity contribution >= 4 is 23.5 Å². The molecule has 0 fully saturated rings. The van der Waals surface area contributed by atoms with Gasteiger partial charge < -0.3 is 9.30 Å². The minimum absolute atomic E-state index is 0.0303. The molecule has 0 aliphatic carbocycles. The van der Waals surface area contributed by atoms with E-state index < -0.39 is 0 Å². The summed E-state index contributed by atoms with van der Waals surface area (Å²) in [6.07, 6.45) is 4.24. The van der Waals surface area contributed by atoms with Gasteiger partial charge in [-0.15, -0.1) is 5.10 Å². The Morgan fingerprint density at radius 1 is 1.13 bits per heavy atom. The number of nitrogens with one attached hydrogen (secondary N) is 2. The number of hydrogen-bond acceptors (Lipinski definition) is 4. The van der Waals surface area contributed by atoms with Gasteiger partial charge in [-0.05, 0) is 42.0 Å². The maximum Gasteiger partial charge on any atom is 0.249 e. The molecule has 2 aromatic heterocycles. The normalized spacial score (nSPS) is 11.8. The molecular formula is C23H22ClN5O2. The summed E-state index contributed by atoms with van der Waals surface area (Å²) >= 11 is 6.03. The average Bonchev–Trinajstić information content (AvgIpc) is 3.46. The molecule has 1 unspecified atom stereocenters. The Labute approximate surface area is 185 Å². The quantitative estimate of drug-likeness (QED) is 0.418. The lowest BCUT2D eigenvalue weighted by Crippen LogP contribution is -2.19. The zero-order valence-corrected chi connectivity index (χ0v) is 17.7. The highest BCUT2D eigenvalue weighted by Gasteiger charge is 2.19. The summed E-state index contributed by atoms with van der Waals surface area (Å²) < 4.78 is 7.42. The molecule has 8 heteroatoms. The average molecular weight is 436 g/mol. The third-order valence-electron chi connectivity index (χ3n) is 4.97. The zero-order chi connectivity index (χ0) is 21.6. The van der Waals surface area contributed by atoms with E-state index >= 15 is 0 Å². The molecule has 0 aliphatic heterocycles. The third kappa shape index (κ3) is 5.13. The number of anilines is 1. The maximum absolute atomic E-state index is 12.8. The van der Waals surface area contributed by atoms with Crippen LogP contribution >= 0.6 is 11.6 Å². The van der Waals surface area contributed by atoms with Gasteiger partial charge in [0.25, 0.3) is 0 Å². The molecule has 4 aromatic rings. The Bertz CT molecular complexity index is 1140. The van der Waals surface area contributed by atoms with Gasteiger partial charge in [0.15, 0.2) is 5.82 Å². The molecule has 0 saturated heterocycles. The molecule has 2 aromatic carbocycles. The van der Waals surface area contributed by atoms with Crippen LogP contribution in [0.3, 0.4) is 0 Å². The van der Waals surface area contributed by atoms with E-state index in [1.807, 2.05) is 73.1 Å². The highest BCUT2D eigenvalue weighted by Crippen LogP contribution is 2.28. The van der Waals surface area contributed by atoms with Crippen LogP contribution in [-0.2, 0) is 11.3 Å². The van der Waals surface area contributed by atoms with Crippen molar-refractivity contribution in [1.29, 1.82) is 0 Å². The van der Waals surface area contributed by atoms with E-state index in [1.54, 1.807) is 7.11 Å². The summed E-state index contributed by atoms with van der Waals surface area (Å²) in [5.41, 5.74) is 1.81. The Hall–Kier alpha value is -3.58. The molecule has 31 heavy (non-hydrogen) atoms. The SMILES string of the molecule is COc1ccccc1-c1nc(NC(=O)CC(Cn2cccc2)c2ccc(Cl)cc2)n[nH]1. The van der Waals surface area contributed by atoms with E-state index in [1.165, 1.54) is 0 Å². The van der Waals surface area contributed by atoms with Crippen molar-refractivity contribution in [3.63, 3.8) is 0 Å². The van der Waals surface area contributed by atoms with Crippen molar-refractivity contribution in [3.8, 4) is 17.1 Å². The van der Waals surface area contributed by atoms with Gasteiger partial charge in [-0.25, -0.2) is 0 Å². The number of rotatable bonds is 8. The first-order valence-electron chi connectivity index (χ1n) is 9.84. The summed E-state index contributed by atoms with van der Waals surface area (Å²) in [7, 11) is 1.60. The molecule has 4 rings (SSSR count). The molecule has 2 N–H and O–H groups in total. The van der Waals surface area contributed by atoms with Gasteiger partial charge >= 0.3 is 0 Å². The number of para-hydroxylation sites is 1. The van der Waals surface area contributed by atoms with Crippen molar-refractivity contribution < 1.29 is 9.53 Å². The number of carbonyl (C=O) groups excluding carboxylic acids is 1. The fourth-order valence-electron chi connectivity index (χ4n) is 3.45. The van der Waals surface area contributed by atoms with Gasteiger partial charge in [-0.1, -0.05) is 35.9 Å². The Kier molecular flexibility index (Phi) is 6.33. The number of aromatic nitrogens is 4. The first kappa shape index (κ1) is 20.7. The number of methoxy groups -OCH3 is 1. The Morgan fingerprint density at radius 2 is 1.87 bits per heavy atom. The molecule has 0 spiro atoms. The molecule has 0 aliphatic rings. The van der Waals surface area contributed by atoms with Crippen LogP contribution in [0.25, 0.3) is 11.4 Å². The van der Waals surface area contributed by atoms with Crippen molar-refractivity contribution in [2.24, 2.45) is 0 Å². The number of aromatic amines is 1. The molecule has 158 valence electrons. The fourth-order valence-corrected chi connectivity index (χ4v) is 3.57. The first-order chi connectivity index (χ1) is 15.1. The topological polar surface area (TPSA) is 84.8 Å². The van der Waals surface area contributed by atoms with Crippen molar-refractivity contribution in [3.05, 3.63) is 83.6 Å². The maximum atomic E-state index is 12.8. The number of H-pyrrole nitrogens is 1. The van der Waals surface area contributed by atoms with Gasteiger partial charge in [0.1, 0.15) is 5.75 Å². The Balaban J connectivity index is 1.48. The molecule has 2 heterocycles. The van der Waals surface area contributed by atoms with Gasteiger partial charge in [0, 0.05) is 36.3 Å². The van der Waals surface area contributed by atoms with Crippen LogP contribution in [0.4, 0.5) is 5.95 Å². The van der Waals surface area contributed by atoms with Crippen LogP contribution in [0.15, 0.2) is 73.1 Å².